The van der Waals surface area contributed by atoms with Crippen molar-refractivity contribution in [2.75, 3.05) is 6.61 Å². The molecule has 1 heterocycles. The maximum atomic E-state index is 11.5. The van der Waals surface area contributed by atoms with Gasteiger partial charge in [0.15, 0.2) is 0 Å². The van der Waals surface area contributed by atoms with Crippen molar-refractivity contribution in [2.24, 2.45) is 0 Å². The van der Waals surface area contributed by atoms with E-state index in [1.54, 1.807) is 0 Å². The van der Waals surface area contributed by atoms with Gasteiger partial charge in [-0.25, -0.2) is 4.79 Å². The summed E-state index contributed by atoms with van der Waals surface area (Å²) in [5.41, 5.74) is -0.474. The second-order valence-electron chi connectivity index (χ2n) is 3.87. The van der Waals surface area contributed by atoms with Gasteiger partial charge in [0, 0.05) is 12.8 Å². The Morgan fingerprint density at radius 1 is 1.41 bits per heavy atom. The van der Waals surface area contributed by atoms with Crippen molar-refractivity contribution >= 4 is 0 Å². The topological polar surface area (TPSA) is 73.3 Å². The summed E-state index contributed by atoms with van der Waals surface area (Å²) in [7, 11) is 0. The molecule has 96 valence electrons. The number of H-pyrrole nitrogens is 1. The summed E-state index contributed by atoms with van der Waals surface area (Å²) in [6.07, 6.45) is 1.50. The van der Waals surface area contributed by atoms with Crippen molar-refractivity contribution in [1.29, 1.82) is 0 Å². The molecule has 1 N–H and O–H groups in total. The number of ether oxygens (including phenoxy) is 2. The zero-order valence-electron chi connectivity index (χ0n) is 10.4. The molecule has 0 saturated carbocycles. The van der Waals surface area contributed by atoms with Crippen LogP contribution in [-0.2, 0) is 22.8 Å². The van der Waals surface area contributed by atoms with E-state index >= 15 is 0 Å². The molecule has 17 heavy (non-hydrogen) atoms. The quantitative estimate of drug-likeness (QED) is 0.786. The van der Waals surface area contributed by atoms with Crippen LogP contribution in [0.5, 0.6) is 0 Å². The van der Waals surface area contributed by atoms with Gasteiger partial charge in [-0.3, -0.25) is 14.3 Å². The summed E-state index contributed by atoms with van der Waals surface area (Å²) in [6, 6.07) is 0. The normalized spacial score (nSPS) is 11.1. The Balaban J connectivity index is 2.90. The summed E-state index contributed by atoms with van der Waals surface area (Å²) < 4.78 is 11.8. The van der Waals surface area contributed by atoms with E-state index in [4.69, 9.17) is 9.47 Å². The van der Waals surface area contributed by atoms with E-state index in [0.29, 0.717) is 12.2 Å². The minimum atomic E-state index is -0.475. The molecule has 0 spiro atoms. The van der Waals surface area contributed by atoms with Gasteiger partial charge in [-0.05, 0) is 20.8 Å². The van der Waals surface area contributed by atoms with E-state index in [1.807, 2.05) is 20.8 Å². The zero-order chi connectivity index (χ0) is 12.8. The Morgan fingerprint density at radius 2 is 2.12 bits per heavy atom. The van der Waals surface area contributed by atoms with Gasteiger partial charge in [0.05, 0.1) is 18.3 Å². The lowest BCUT2D eigenvalue weighted by Gasteiger charge is -2.09. The summed E-state index contributed by atoms with van der Waals surface area (Å²) >= 11 is 0. The largest absolute Gasteiger partial charge is 0.374 e. The van der Waals surface area contributed by atoms with Gasteiger partial charge in [0.2, 0.25) is 0 Å². The van der Waals surface area contributed by atoms with E-state index in [1.165, 1.54) is 10.8 Å². The highest BCUT2D eigenvalue weighted by atomic mass is 16.5. The molecule has 0 saturated heterocycles. The van der Waals surface area contributed by atoms with Crippen LogP contribution < -0.4 is 11.2 Å². The summed E-state index contributed by atoms with van der Waals surface area (Å²) in [5.74, 6) is 0. The monoisotopic (exact) mass is 242 g/mol. The number of nitrogens with zero attached hydrogens (tertiary/aromatic N) is 1. The first-order valence-corrected chi connectivity index (χ1v) is 5.56. The molecule has 0 aliphatic heterocycles. The SMILES string of the molecule is CCOCn1cc(COC(C)C)c(=O)[nH]c1=O. The lowest BCUT2D eigenvalue weighted by Crippen LogP contribution is -2.32. The maximum absolute atomic E-state index is 11.5. The van der Waals surface area contributed by atoms with E-state index in [9.17, 15) is 9.59 Å². The highest BCUT2D eigenvalue weighted by Crippen LogP contribution is 1.96. The molecule has 0 fully saturated rings. The molecule has 0 aliphatic carbocycles. The van der Waals surface area contributed by atoms with E-state index in [0.717, 1.165) is 0 Å². The average molecular weight is 242 g/mol. The van der Waals surface area contributed by atoms with Crippen LogP contribution in [0.25, 0.3) is 0 Å². The van der Waals surface area contributed by atoms with Crippen LogP contribution in [-0.4, -0.2) is 22.3 Å². The van der Waals surface area contributed by atoms with Crippen LogP contribution in [0.15, 0.2) is 15.8 Å². The molecule has 0 amide bonds. The van der Waals surface area contributed by atoms with Crippen molar-refractivity contribution in [1.82, 2.24) is 9.55 Å². The Morgan fingerprint density at radius 3 is 2.71 bits per heavy atom. The second kappa shape index (κ2) is 6.36. The molecule has 0 unspecified atom stereocenters. The predicted molar refractivity (Wildman–Crippen MR) is 62.9 cm³/mol. The first-order valence-electron chi connectivity index (χ1n) is 5.56. The lowest BCUT2D eigenvalue weighted by atomic mass is 10.3. The Bertz CT molecular complexity index is 461. The van der Waals surface area contributed by atoms with Gasteiger partial charge in [0.25, 0.3) is 5.56 Å². The average Bonchev–Trinajstić information content (AvgIpc) is 2.26. The van der Waals surface area contributed by atoms with Crippen LogP contribution >= 0.6 is 0 Å². The fourth-order valence-corrected chi connectivity index (χ4v) is 1.20. The van der Waals surface area contributed by atoms with E-state index in [2.05, 4.69) is 4.98 Å². The first kappa shape index (κ1) is 13.7. The highest BCUT2D eigenvalue weighted by molar-refractivity contribution is 5.02. The van der Waals surface area contributed by atoms with Gasteiger partial charge in [-0.1, -0.05) is 0 Å². The van der Waals surface area contributed by atoms with Crippen molar-refractivity contribution < 1.29 is 9.47 Å². The molecule has 1 aromatic heterocycles. The molecular weight excluding hydrogens is 224 g/mol. The number of hydrogen-bond donors (Lipinski definition) is 1. The maximum Gasteiger partial charge on any atom is 0.330 e. The zero-order valence-corrected chi connectivity index (χ0v) is 10.4. The van der Waals surface area contributed by atoms with Gasteiger partial charge in [-0.15, -0.1) is 0 Å². The fraction of sp³-hybridized carbons (Fsp3) is 0.636. The smallest absolute Gasteiger partial charge is 0.330 e. The first-order chi connectivity index (χ1) is 8.04. The van der Waals surface area contributed by atoms with Gasteiger partial charge < -0.3 is 9.47 Å². The molecule has 1 rings (SSSR count). The van der Waals surface area contributed by atoms with Crippen LogP contribution in [0.1, 0.15) is 26.3 Å². The summed E-state index contributed by atoms with van der Waals surface area (Å²) in [6.45, 7) is 6.40. The number of aromatic nitrogens is 2. The van der Waals surface area contributed by atoms with Crippen molar-refractivity contribution in [3.63, 3.8) is 0 Å². The second-order valence-corrected chi connectivity index (χ2v) is 3.87. The van der Waals surface area contributed by atoms with Gasteiger partial charge in [-0.2, -0.15) is 0 Å². The van der Waals surface area contributed by atoms with Gasteiger partial charge in [0.1, 0.15) is 6.73 Å². The standard InChI is InChI=1S/C11H18N2O4/c1-4-16-7-13-5-9(6-17-8(2)3)10(14)12-11(13)15/h5,8H,4,6-7H2,1-3H3,(H,12,14,15). The fourth-order valence-electron chi connectivity index (χ4n) is 1.20. The molecule has 6 heteroatoms. The minimum Gasteiger partial charge on any atom is -0.374 e. The highest BCUT2D eigenvalue weighted by Gasteiger charge is 2.05. The predicted octanol–water partition coefficient (Wildman–Crippen LogP) is 0.456. The van der Waals surface area contributed by atoms with Crippen LogP contribution in [0.2, 0.25) is 0 Å². The number of rotatable bonds is 6. The molecule has 0 bridgehead atoms. The summed E-state index contributed by atoms with van der Waals surface area (Å²) in [4.78, 5) is 25.1. The van der Waals surface area contributed by atoms with Crippen molar-refractivity contribution in [2.45, 2.75) is 40.2 Å². The van der Waals surface area contributed by atoms with Crippen molar-refractivity contribution in [3.05, 3.63) is 32.6 Å². The third kappa shape index (κ3) is 4.16. The molecule has 0 aliphatic rings. The number of nitrogens with one attached hydrogen (secondary N) is 1. The number of aromatic amines is 1. The van der Waals surface area contributed by atoms with Crippen LogP contribution in [0.3, 0.4) is 0 Å². The third-order valence-electron chi connectivity index (χ3n) is 2.09. The summed E-state index contributed by atoms with van der Waals surface area (Å²) in [5, 5.41) is 0. The number of hydrogen-bond acceptors (Lipinski definition) is 4. The molecule has 0 radical (unpaired) electrons. The molecule has 1 aromatic rings. The van der Waals surface area contributed by atoms with Crippen molar-refractivity contribution in [3.8, 4) is 0 Å². The molecule has 6 nitrogen and oxygen atoms in total. The Kier molecular flexibility index (Phi) is 5.11. The molecule has 0 atom stereocenters. The van der Waals surface area contributed by atoms with Crippen LogP contribution in [0, 0.1) is 0 Å². The van der Waals surface area contributed by atoms with Gasteiger partial charge >= 0.3 is 5.69 Å². The van der Waals surface area contributed by atoms with E-state index < -0.39 is 11.2 Å². The Labute approximate surface area is 99.2 Å². The van der Waals surface area contributed by atoms with E-state index in [-0.39, 0.29) is 19.4 Å². The lowest BCUT2D eigenvalue weighted by molar-refractivity contribution is 0.0622. The third-order valence-corrected chi connectivity index (χ3v) is 2.09. The van der Waals surface area contributed by atoms with Crippen LogP contribution in [0.4, 0.5) is 0 Å². The Hall–Kier alpha value is -1.40. The molecule has 0 aromatic carbocycles. The minimum absolute atomic E-state index is 0.0293. The molecular formula is C11H18N2O4.